The van der Waals surface area contributed by atoms with Crippen LogP contribution < -0.4 is 10.9 Å². The van der Waals surface area contributed by atoms with E-state index >= 15 is 0 Å². The number of halogens is 3. The van der Waals surface area contributed by atoms with Crippen LogP contribution in [0.1, 0.15) is 11.1 Å². The molecule has 26 heavy (non-hydrogen) atoms. The van der Waals surface area contributed by atoms with Crippen LogP contribution in [-0.2, 0) is 17.5 Å². The van der Waals surface area contributed by atoms with Crippen molar-refractivity contribution >= 4 is 22.5 Å². The van der Waals surface area contributed by atoms with Crippen LogP contribution in [0.25, 0.3) is 10.9 Å². The van der Waals surface area contributed by atoms with Crippen molar-refractivity contribution in [3.05, 3.63) is 70.3 Å². The Hall–Kier alpha value is -3.16. The fourth-order valence-electron chi connectivity index (χ4n) is 2.64. The molecule has 134 valence electrons. The molecule has 0 spiro atoms. The quantitative estimate of drug-likeness (QED) is 0.778. The highest BCUT2D eigenvalue weighted by molar-refractivity contribution is 6.01. The van der Waals surface area contributed by atoms with Crippen molar-refractivity contribution < 1.29 is 18.0 Å². The topological polar surface area (TPSA) is 64.0 Å². The normalized spacial score (nSPS) is 11.5. The molecule has 1 amide bonds. The molecule has 0 aliphatic carbocycles. The summed E-state index contributed by atoms with van der Waals surface area (Å²) in [6.07, 6.45) is -2.00. The Bertz CT molecular complexity index is 1040. The number of carbonyl (C=O) groups excluding carboxylic acids is 1. The Morgan fingerprint density at radius 1 is 1.19 bits per heavy atom. The second-order valence-electron chi connectivity index (χ2n) is 5.73. The molecule has 3 rings (SSSR count). The van der Waals surface area contributed by atoms with Gasteiger partial charge in [-0.25, -0.2) is 0 Å². The first-order valence-electron chi connectivity index (χ1n) is 7.68. The molecule has 1 aromatic carbocycles. The monoisotopic (exact) mass is 361 g/mol. The highest BCUT2D eigenvalue weighted by Gasteiger charge is 2.34. The second kappa shape index (κ2) is 6.62. The number of fused-ring (bicyclic) bond motifs is 1. The zero-order valence-corrected chi connectivity index (χ0v) is 13.7. The van der Waals surface area contributed by atoms with Crippen molar-refractivity contribution in [1.82, 2.24) is 9.55 Å². The molecule has 0 radical (unpaired) electrons. The van der Waals surface area contributed by atoms with Crippen LogP contribution in [0.15, 0.2) is 53.6 Å². The number of nitrogens with one attached hydrogen (secondary N) is 1. The van der Waals surface area contributed by atoms with E-state index in [1.54, 1.807) is 30.5 Å². The molecule has 0 saturated heterocycles. The molecule has 0 atom stereocenters. The Kier molecular flexibility index (Phi) is 4.50. The van der Waals surface area contributed by atoms with Gasteiger partial charge in [0.15, 0.2) is 0 Å². The molecule has 0 aliphatic rings. The third-order valence-electron chi connectivity index (χ3n) is 3.89. The molecule has 5 nitrogen and oxygen atoms in total. The van der Waals surface area contributed by atoms with Crippen molar-refractivity contribution in [1.29, 1.82) is 0 Å². The van der Waals surface area contributed by atoms with Crippen LogP contribution in [0.4, 0.5) is 18.9 Å². The summed E-state index contributed by atoms with van der Waals surface area (Å²) in [5, 5.41) is 3.33. The number of rotatable bonds is 3. The number of aryl methyl sites for hydroxylation is 1. The SMILES string of the molecule is Cc1ccc(NC(=O)Cn2cccc(C(F)(F)F)c2=O)c2cccnc12. The summed E-state index contributed by atoms with van der Waals surface area (Å²) in [4.78, 5) is 28.4. The largest absolute Gasteiger partial charge is 0.421 e. The lowest BCUT2D eigenvalue weighted by Crippen LogP contribution is -2.32. The van der Waals surface area contributed by atoms with E-state index in [2.05, 4.69) is 10.3 Å². The van der Waals surface area contributed by atoms with Crippen LogP contribution in [0.2, 0.25) is 0 Å². The standard InChI is InChI=1S/C18H14F3N3O2/c1-11-6-7-14(12-4-2-8-22-16(11)12)23-15(25)10-24-9-3-5-13(17(24)26)18(19,20)21/h2-9H,10H2,1H3,(H,23,25). The predicted octanol–water partition coefficient (Wildman–Crippen LogP) is 3.36. The van der Waals surface area contributed by atoms with Crippen LogP contribution in [-0.4, -0.2) is 15.5 Å². The van der Waals surface area contributed by atoms with E-state index in [4.69, 9.17) is 0 Å². The average molecular weight is 361 g/mol. The maximum atomic E-state index is 12.8. The zero-order chi connectivity index (χ0) is 18.9. The average Bonchev–Trinajstić information content (AvgIpc) is 2.58. The number of pyridine rings is 2. The fraction of sp³-hybridized carbons (Fsp3) is 0.167. The van der Waals surface area contributed by atoms with E-state index in [0.717, 1.165) is 22.4 Å². The van der Waals surface area contributed by atoms with Gasteiger partial charge in [0, 0.05) is 17.8 Å². The number of benzene rings is 1. The van der Waals surface area contributed by atoms with Crippen LogP contribution >= 0.6 is 0 Å². The van der Waals surface area contributed by atoms with Gasteiger partial charge in [-0.2, -0.15) is 13.2 Å². The van der Waals surface area contributed by atoms with Crippen LogP contribution in [0, 0.1) is 6.92 Å². The molecular formula is C18H14F3N3O2. The summed E-state index contributed by atoms with van der Waals surface area (Å²) in [5.74, 6) is -0.611. The Balaban J connectivity index is 1.87. The van der Waals surface area contributed by atoms with Crippen molar-refractivity contribution in [2.45, 2.75) is 19.6 Å². The molecule has 0 fully saturated rings. The Morgan fingerprint density at radius 3 is 2.69 bits per heavy atom. The van der Waals surface area contributed by atoms with E-state index in [0.29, 0.717) is 22.7 Å². The number of hydrogen-bond acceptors (Lipinski definition) is 3. The molecular weight excluding hydrogens is 347 g/mol. The molecule has 0 aliphatic heterocycles. The Labute approximate surface area is 146 Å². The maximum absolute atomic E-state index is 12.8. The second-order valence-corrected chi connectivity index (χ2v) is 5.73. The van der Waals surface area contributed by atoms with Crippen LogP contribution in [0.5, 0.6) is 0 Å². The van der Waals surface area contributed by atoms with Crippen molar-refractivity contribution in [2.24, 2.45) is 0 Å². The smallest absolute Gasteiger partial charge is 0.324 e. The molecule has 0 bridgehead atoms. The summed E-state index contributed by atoms with van der Waals surface area (Å²) in [7, 11) is 0. The number of amides is 1. The third-order valence-corrected chi connectivity index (χ3v) is 3.89. The minimum Gasteiger partial charge on any atom is -0.324 e. The number of anilines is 1. The first kappa shape index (κ1) is 17.7. The van der Waals surface area contributed by atoms with E-state index in [-0.39, 0.29) is 0 Å². The number of hydrogen-bond donors (Lipinski definition) is 1. The lowest BCUT2D eigenvalue weighted by Gasteiger charge is -2.12. The molecule has 2 aromatic heterocycles. The first-order valence-corrected chi connectivity index (χ1v) is 7.68. The number of carbonyl (C=O) groups is 1. The molecule has 1 N–H and O–H groups in total. The minimum absolute atomic E-state index is 0.476. The van der Waals surface area contributed by atoms with Gasteiger partial charge in [0.1, 0.15) is 12.1 Å². The lowest BCUT2D eigenvalue weighted by atomic mass is 10.1. The molecule has 3 aromatic rings. The van der Waals surface area contributed by atoms with Gasteiger partial charge in [-0.05, 0) is 42.8 Å². The van der Waals surface area contributed by atoms with E-state index < -0.39 is 29.8 Å². The maximum Gasteiger partial charge on any atom is 0.421 e. The number of nitrogens with zero attached hydrogens (tertiary/aromatic N) is 2. The number of alkyl halides is 3. The van der Waals surface area contributed by atoms with Gasteiger partial charge in [0.25, 0.3) is 5.56 Å². The van der Waals surface area contributed by atoms with Crippen molar-refractivity contribution in [3.8, 4) is 0 Å². The van der Waals surface area contributed by atoms with Gasteiger partial charge in [-0.15, -0.1) is 0 Å². The van der Waals surface area contributed by atoms with Gasteiger partial charge in [0.05, 0.1) is 11.2 Å². The first-order chi connectivity index (χ1) is 12.3. The minimum atomic E-state index is -4.77. The van der Waals surface area contributed by atoms with Gasteiger partial charge in [0.2, 0.25) is 5.91 Å². The molecule has 8 heteroatoms. The summed E-state index contributed by atoms with van der Waals surface area (Å²) in [6, 6.07) is 8.74. The summed E-state index contributed by atoms with van der Waals surface area (Å²) < 4.78 is 39.1. The molecule has 2 heterocycles. The van der Waals surface area contributed by atoms with E-state index in [1.807, 2.05) is 6.92 Å². The molecule has 0 saturated carbocycles. The third kappa shape index (κ3) is 3.44. The summed E-state index contributed by atoms with van der Waals surface area (Å²) in [6.45, 7) is 1.35. The molecule has 0 unspecified atom stereocenters. The summed E-state index contributed by atoms with van der Waals surface area (Å²) >= 11 is 0. The fourth-order valence-corrected chi connectivity index (χ4v) is 2.64. The van der Waals surface area contributed by atoms with Crippen molar-refractivity contribution in [2.75, 3.05) is 5.32 Å². The lowest BCUT2D eigenvalue weighted by molar-refractivity contribution is -0.139. The van der Waals surface area contributed by atoms with Gasteiger partial charge < -0.3 is 9.88 Å². The van der Waals surface area contributed by atoms with E-state index in [1.165, 1.54) is 0 Å². The van der Waals surface area contributed by atoms with Crippen molar-refractivity contribution in [3.63, 3.8) is 0 Å². The number of aromatic nitrogens is 2. The van der Waals surface area contributed by atoms with Gasteiger partial charge in [-0.3, -0.25) is 14.6 Å². The summed E-state index contributed by atoms with van der Waals surface area (Å²) in [5.41, 5.74) is -0.457. The Morgan fingerprint density at radius 2 is 1.96 bits per heavy atom. The van der Waals surface area contributed by atoms with Crippen LogP contribution in [0.3, 0.4) is 0 Å². The highest BCUT2D eigenvalue weighted by atomic mass is 19.4. The highest BCUT2D eigenvalue weighted by Crippen LogP contribution is 2.26. The van der Waals surface area contributed by atoms with Gasteiger partial charge in [-0.1, -0.05) is 6.07 Å². The predicted molar refractivity (Wildman–Crippen MR) is 90.8 cm³/mol. The van der Waals surface area contributed by atoms with E-state index in [9.17, 15) is 22.8 Å². The zero-order valence-electron chi connectivity index (χ0n) is 13.7. The van der Waals surface area contributed by atoms with Gasteiger partial charge >= 0.3 is 6.18 Å².